The standard InChI is InChI=1S/C15H18F2N2S/c1-9(2)15-13(8-18-3)20-14(19-15)6-10-4-11(16)7-12(17)5-10/h4-5,7,9,18H,6,8H2,1-3H3. The molecule has 0 aliphatic heterocycles. The molecule has 0 aliphatic carbocycles. The molecule has 0 bridgehead atoms. The van der Waals surface area contributed by atoms with E-state index >= 15 is 0 Å². The van der Waals surface area contributed by atoms with Gasteiger partial charge in [0.15, 0.2) is 0 Å². The van der Waals surface area contributed by atoms with E-state index in [1.54, 1.807) is 11.3 Å². The highest BCUT2D eigenvalue weighted by Gasteiger charge is 2.14. The summed E-state index contributed by atoms with van der Waals surface area (Å²) < 4.78 is 26.4. The normalized spacial score (nSPS) is 11.3. The number of thiazole rings is 1. The summed E-state index contributed by atoms with van der Waals surface area (Å²) in [6, 6.07) is 3.60. The van der Waals surface area contributed by atoms with Crippen molar-refractivity contribution in [3.8, 4) is 0 Å². The Morgan fingerprint density at radius 3 is 2.40 bits per heavy atom. The third kappa shape index (κ3) is 3.61. The zero-order valence-corrected chi connectivity index (χ0v) is 12.7. The molecule has 0 aliphatic rings. The predicted octanol–water partition coefficient (Wildman–Crippen LogP) is 3.85. The lowest BCUT2D eigenvalue weighted by Crippen LogP contribution is -2.06. The highest BCUT2D eigenvalue weighted by molar-refractivity contribution is 7.11. The van der Waals surface area contributed by atoms with E-state index in [1.807, 2.05) is 7.05 Å². The van der Waals surface area contributed by atoms with Gasteiger partial charge in [0.05, 0.1) is 10.7 Å². The summed E-state index contributed by atoms with van der Waals surface area (Å²) >= 11 is 1.60. The molecule has 2 rings (SSSR count). The van der Waals surface area contributed by atoms with Gasteiger partial charge >= 0.3 is 0 Å². The van der Waals surface area contributed by atoms with Crippen molar-refractivity contribution in [2.24, 2.45) is 0 Å². The second-order valence-corrected chi connectivity index (χ2v) is 6.22. The van der Waals surface area contributed by atoms with Crippen LogP contribution in [-0.4, -0.2) is 12.0 Å². The van der Waals surface area contributed by atoms with E-state index in [0.29, 0.717) is 17.9 Å². The molecule has 0 spiro atoms. The number of aromatic nitrogens is 1. The summed E-state index contributed by atoms with van der Waals surface area (Å²) in [6.07, 6.45) is 0.461. The molecule has 0 amide bonds. The van der Waals surface area contributed by atoms with Gasteiger partial charge in [0, 0.05) is 23.9 Å². The minimum absolute atomic E-state index is 0.340. The minimum Gasteiger partial charge on any atom is -0.315 e. The fraction of sp³-hybridized carbons (Fsp3) is 0.400. The number of benzene rings is 1. The van der Waals surface area contributed by atoms with Gasteiger partial charge in [-0.2, -0.15) is 0 Å². The van der Waals surface area contributed by atoms with Crippen LogP contribution in [0.2, 0.25) is 0 Å². The van der Waals surface area contributed by atoms with Crippen molar-refractivity contribution in [2.75, 3.05) is 7.05 Å². The van der Waals surface area contributed by atoms with E-state index in [1.165, 1.54) is 17.0 Å². The average molecular weight is 296 g/mol. The maximum Gasteiger partial charge on any atom is 0.126 e. The Hall–Kier alpha value is -1.33. The SMILES string of the molecule is CNCc1sc(Cc2cc(F)cc(F)c2)nc1C(C)C. The minimum atomic E-state index is -0.545. The second kappa shape index (κ2) is 6.41. The first-order valence-corrected chi connectivity index (χ1v) is 7.39. The van der Waals surface area contributed by atoms with Crippen LogP contribution in [0.4, 0.5) is 8.78 Å². The molecule has 0 atom stereocenters. The van der Waals surface area contributed by atoms with Crippen LogP contribution in [0.5, 0.6) is 0 Å². The molecule has 2 aromatic rings. The molecule has 1 aromatic carbocycles. The van der Waals surface area contributed by atoms with E-state index in [2.05, 4.69) is 24.1 Å². The second-order valence-electron chi connectivity index (χ2n) is 5.06. The van der Waals surface area contributed by atoms with Crippen LogP contribution in [0.25, 0.3) is 0 Å². The van der Waals surface area contributed by atoms with Gasteiger partial charge in [-0.05, 0) is 30.7 Å². The van der Waals surface area contributed by atoms with Crippen LogP contribution in [-0.2, 0) is 13.0 Å². The summed E-state index contributed by atoms with van der Waals surface area (Å²) in [5.74, 6) is -0.750. The quantitative estimate of drug-likeness (QED) is 0.906. The maximum atomic E-state index is 13.2. The molecule has 20 heavy (non-hydrogen) atoms. The Morgan fingerprint density at radius 2 is 1.85 bits per heavy atom. The lowest BCUT2D eigenvalue weighted by atomic mass is 10.1. The number of rotatable bonds is 5. The van der Waals surface area contributed by atoms with Gasteiger partial charge in [0.25, 0.3) is 0 Å². The average Bonchev–Trinajstić information content (AvgIpc) is 2.71. The summed E-state index contributed by atoms with van der Waals surface area (Å²) in [6.45, 7) is 4.96. The Balaban J connectivity index is 2.26. The molecule has 0 radical (unpaired) electrons. The number of halogens is 2. The zero-order chi connectivity index (χ0) is 14.7. The van der Waals surface area contributed by atoms with Crippen molar-refractivity contribution >= 4 is 11.3 Å². The molecule has 2 nitrogen and oxygen atoms in total. The van der Waals surface area contributed by atoms with Gasteiger partial charge in [0.1, 0.15) is 11.6 Å². The lowest BCUT2D eigenvalue weighted by Gasteiger charge is -2.03. The third-order valence-electron chi connectivity index (χ3n) is 2.93. The van der Waals surface area contributed by atoms with E-state index in [4.69, 9.17) is 0 Å². The summed E-state index contributed by atoms with van der Waals surface area (Å²) in [5, 5.41) is 4.02. The first-order valence-electron chi connectivity index (χ1n) is 6.57. The Morgan fingerprint density at radius 1 is 1.20 bits per heavy atom. The van der Waals surface area contributed by atoms with Crippen LogP contribution in [0.3, 0.4) is 0 Å². The topological polar surface area (TPSA) is 24.9 Å². The molecular weight excluding hydrogens is 278 g/mol. The summed E-state index contributed by atoms with van der Waals surface area (Å²) in [7, 11) is 1.89. The van der Waals surface area contributed by atoms with Crippen molar-refractivity contribution in [2.45, 2.75) is 32.7 Å². The van der Waals surface area contributed by atoms with Gasteiger partial charge < -0.3 is 5.32 Å². The van der Waals surface area contributed by atoms with Crippen LogP contribution in [0.1, 0.15) is 40.9 Å². The molecule has 0 fully saturated rings. The van der Waals surface area contributed by atoms with E-state index < -0.39 is 11.6 Å². The Kier molecular flexibility index (Phi) is 4.83. The van der Waals surface area contributed by atoms with Gasteiger partial charge in [-0.15, -0.1) is 11.3 Å². The summed E-state index contributed by atoms with van der Waals surface area (Å²) in [4.78, 5) is 5.81. The third-order valence-corrected chi connectivity index (χ3v) is 4.00. The molecule has 5 heteroatoms. The highest BCUT2D eigenvalue weighted by atomic mass is 32.1. The van der Waals surface area contributed by atoms with E-state index in [9.17, 15) is 8.78 Å². The molecule has 0 saturated heterocycles. The smallest absolute Gasteiger partial charge is 0.126 e. The fourth-order valence-electron chi connectivity index (χ4n) is 2.12. The van der Waals surface area contributed by atoms with Crippen LogP contribution < -0.4 is 5.32 Å². The number of hydrogen-bond acceptors (Lipinski definition) is 3. The number of nitrogens with one attached hydrogen (secondary N) is 1. The molecule has 1 N–H and O–H groups in total. The van der Waals surface area contributed by atoms with Gasteiger partial charge in [-0.25, -0.2) is 13.8 Å². The van der Waals surface area contributed by atoms with Crippen LogP contribution in [0, 0.1) is 11.6 Å². The Labute approximate surface area is 121 Å². The first-order chi connectivity index (χ1) is 9.49. The maximum absolute atomic E-state index is 13.2. The van der Waals surface area contributed by atoms with Crippen molar-refractivity contribution < 1.29 is 8.78 Å². The molecular formula is C15H18F2N2S. The van der Waals surface area contributed by atoms with Gasteiger partial charge in [0.2, 0.25) is 0 Å². The molecule has 0 unspecified atom stereocenters. The monoisotopic (exact) mass is 296 g/mol. The van der Waals surface area contributed by atoms with E-state index in [-0.39, 0.29) is 0 Å². The van der Waals surface area contributed by atoms with Gasteiger partial charge in [-0.1, -0.05) is 13.8 Å². The van der Waals surface area contributed by atoms with Gasteiger partial charge in [-0.3, -0.25) is 0 Å². The van der Waals surface area contributed by atoms with Crippen molar-refractivity contribution in [3.05, 3.63) is 51.0 Å². The van der Waals surface area contributed by atoms with Crippen LogP contribution in [0.15, 0.2) is 18.2 Å². The molecule has 0 saturated carbocycles. The largest absolute Gasteiger partial charge is 0.315 e. The van der Waals surface area contributed by atoms with Crippen molar-refractivity contribution in [1.29, 1.82) is 0 Å². The molecule has 1 aromatic heterocycles. The Bertz CT molecular complexity index is 573. The zero-order valence-electron chi connectivity index (χ0n) is 11.8. The number of nitrogens with zero attached hydrogens (tertiary/aromatic N) is 1. The fourth-order valence-corrected chi connectivity index (χ4v) is 3.39. The first kappa shape index (κ1) is 15.1. The molecule has 108 valence electrons. The summed E-state index contributed by atoms with van der Waals surface area (Å²) in [5.41, 5.74) is 1.68. The lowest BCUT2D eigenvalue weighted by molar-refractivity contribution is 0.580. The van der Waals surface area contributed by atoms with Crippen molar-refractivity contribution in [3.63, 3.8) is 0 Å². The number of hydrogen-bond donors (Lipinski definition) is 1. The molecule has 1 heterocycles. The predicted molar refractivity (Wildman–Crippen MR) is 78.1 cm³/mol. The highest BCUT2D eigenvalue weighted by Crippen LogP contribution is 2.27. The van der Waals surface area contributed by atoms with E-state index in [0.717, 1.165) is 23.3 Å². The van der Waals surface area contributed by atoms with Crippen LogP contribution >= 0.6 is 11.3 Å². The van der Waals surface area contributed by atoms with Crippen molar-refractivity contribution in [1.82, 2.24) is 10.3 Å².